The monoisotopic (exact) mass is 412 g/mol. The first-order chi connectivity index (χ1) is 14.6. The van der Waals surface area contributed by atoms with Crippen molar-refractivity contribution in [2.45, 2.75) is 52.4 Å². The van der Waals surface area contributed by atoms with Gasteiger partial charge in [0.25, 0.3) is 0 Å². The van der Waals surface area contributed by atoms with Crippen molar-refractivity contribution in [1.82, 2.24) is 0 Å². The van der Waals surface area contributed by atoms with E-state index in [2.05, 4.69) is 6.92 Å². The normalized spacial score (nSPS) is 11.9. The molecule has 0 N–H and O–H groups in total. The number of benzene rings is 1. The maximum Gasteiger partial charge on any atom is 0.336 e. The van der Waals surface area contributed by atoms with Crippen LogP contribution in [-0.2, 0) is 9.53 Å². The van der Waals surface area contributed by atoms with Crippen molar-refractivity contribution in [3.63, 3.8) is 0 Å². The van der Waals surface area contributed by atoms with Gasteiger partial charge < -0.3 is 18.3 Å². The Morgan fingerprint density at radius 1 is 1.07 bits per heavy atom. The summed E-state index contributed by atoms with van der Waals surface area (Å²) in [6.07, 6.45) is 8.76. The summed E-state index contributed by atoms with van der Waals surface area (Å²) in [6, 6.07) is 6.62. The van der Waals surface area contributed by atoms with Crippen molar-refractivity contribution in [2.24, 2.45) is 0 Å². The molecule has 0 spiro atoms. The molecule has 0 unspecified atom stereocenters. The Bertz CT molecular complexity index is 1070. The summed E-state index contributed by atoms with van der Waals surface area (Å²) in [5, 5.41) is 1.56. The van der Waals surface area contributed by atoms with Crippen LogP contribution in [0.1, 0.15) is 52.4 Å². The van der Waals surface area contributed by atoms with Crippen LogP contribution in [0.4, 0.5) is 0 Å². The summed E-state index contributed by atoms with van der Waals surface area (Å²) in [6.45, 7) is 4.96. The molecule has 0 bridgehead atoms. The standard InChI is InChI=1S/C24H28O6/c1-3-4-5-8-22(25)28-13-6-7-17(2)11-14-29-24-18-9-10-23(26)30-21(18)16-20-19(24)12-15-27-20/h9-12,15-16H,3-8,13-14H2,1-2H3/b17-11+. The zero-order valence-electron chi connectivity index (χ0n) is 17.6. The lowest BCUT2D eigenvalue weighted by atomic mass is 10.1. The molecule has 0 fully saturated rings. The molecule has 0 saturated heterocycles. The van der Waals surface area contributed by atoms with E-state index in [1.165, 1.54) is 6.07 Å². The minimum atomic E-state index is -0.416. The van der Waals surface area contributed by atoms with E-state index < -0.39 is 5.63 Å². The van der Waals surface area contributed by atoms with E-state index in [-0.39, 0.29) is 5.97 Å². The Kier molecular flexibility index (Phi) is 7.71. The number of hydrogen-bond donors (Lipinski definition) is 0. The Hall–Kier alpha value is -3.02. The van der Waals surface area contributed by atoms with E-state index in [1.54, 1.807) is 18.4 Å². The maximum atomic E-state index is 11.6. The molecule has 160 valence electrons. The summed E-state index contributed by atoms with van der Waals surface area (Å²) in [5.74, 6) is 0.519. The van der Waals surface area contributed by atoms with E-state index in [9.17, 15) is 9.59 Å². The van der Waals surface area contributed by atoms with Gasteiger partial charge in [-0.25, -0.2) is 4.79 Å². The van der Waals surface area contributed by atoms with Gasteiger partial charge in [0, 0.05) is 18.6 Å². The van der Waals surface area contributed by atoms with E-state index in [1.807, 2.05) is 19.1 Å². The van der Waals surface area contributed by atoms with Crippen LogP contribution in [0.3, 0.4) is 0 Å². The van der Waals surface area contributed by atoms with Crippen LogP contribution in [-0.4, -0.2) is 19.2 Å². The van der Waals surface area contributed by atoms with Crippen LogP contribution >= 0.6 is 0 Å². The van der Waals surface area contributed by atoms with Gasteiger partial charge in [0.2, 0.25) is 0 Å². The second-order valence-corrected chi connectivity index (χ2v) is 7.35. The van der Waals surface area contributed by atoms with Gasteiger partial charge in [-0.05, 0) is 44.4 Å². The van der Waals surface area contributed by atoms with E-state index in [0.29, 0.717) is 36.6 Å². The highest BCUT2D eigenvalue weighted by atomic mass is 16.5. The summed E-state index contributed by atoms with van der Waals surface area (Å²) in [5.41, 5.74) is 1.78. The number of carbonyl (C=O) groups is 1. The van der Waals surface area contributed by atoms with Gasteiger partial charge in [0.05, 0.1) is 23.6 Å². The van der Waals surface area contributed by atoms with Gasteiger partial charge >= 0.3 is 11.6 Å². The fourth-order valence-corrected chi connectivity index (χ4v) is 3.26. The van der Waals surface area contributed by atoms with E-state index in [0.717, 1.165) is 48.4 Å². The van der Waals surface area contributed by atoms with Crippen LogP contribution in [0.2, 0.25) is 0 Å². The highest BCUT2D eigenvalue weighted by Gasteiger charge is 2.13. The topological polar surface area (TPSA) is 78.9 Å². The zero-order valence-corrected chi connectivity index (χ0v) is 17.6. The highest BCUT2D eigenvalue weighted by molar-refractivity contribution is 6.01. The highest BCUT2D eigenvalue weighted by Crippen LogP contribution is 2.35. The van der Waals surface area contributed by atoms with Crippen LogP contribution in [0.25, 0.3) is 21.9 Å². The molecule has 1 aromatic carbocycles. The molecule has 6 heteroatoms. The SMILES string of the molecule is CCCCCC(=O)OCCC/C(C)=C/COc1c2ccoc2cc2oc(=O)ccc12. The van der Waals surface area contributed by atoms with E-state index >= 15 is 0 Å². The van der Waals surface area contributed by atoms with Gasteiger partial charge in [0.1, 0.15) is 23.5 Å². The quantitative estimate of drug-likeness (QED) is 0.172. The lowest BCUT2D eigenvalue weighted by molar-refractivity contribution is -0.143. The summed E-state index contributed by atoms with van der Waals surface area (Å²) >= 11 is 0. The number of carbonyl (C=O) groups excluding carboxylic acids is 1. The first-order valence-corrected chi connectivity index (χ1v) is 10.5. The van der Waals surface area contributed by atoms with Gasteiger partial charge in [0.15, 0.2) is 0 Å². The molecule has 0 saturated carbocycles. The average molecular weight is 412 g/mol. The number of hydrogen-bond acceptors (Lipinski definition) is 6. The Labute approximate surface area is 175 Å². The number of esters is 1. The molecule has 0 aliphatic heterocycles. The maximum absolute atomic E-state index is 11.6. The molecular weight excluding hydrogens is 384 g/mol. The largest absolute Gasteiger partial charge is 0.488 e. The van der Waals surface area contributed by atoms with Crippen molar-refractivity contribution in [3.05, 3.63) is 52.6 Å². The molecule has 3 rings (SSSR count). The zero-order chi connectivity index (χ0) is 21.3. The first kappa shape index (κ1) is 21.7. The molecule has 6 nitrogen and oxygen atoms in total. The lowest BCUT2D eigenvalue weighted by Crippen LogP contribution is -2.05. The Balaban J connectivity index is 1.53. The Morgan fingerprint density at radius 3 is 2.73 bits per heavy atom. The second-order valence-electron chi connectivity index (χ2n) is 7.35. The number of allylic oxidation sites excluding steroid dienone is 1. The number of furan rings is 1. The van der Waals surface area contributed by atoms with Crippen molar-refractivity contribution < 1.29 is 23.1 Å². The number of rotatable bonds is 11. The van der Waals surface area contributed by atoms with Crippen molar-refractivity contribution in [1.29, 1.82) is 0 Å². The predicted molar refractivity (Wildman–Crippen MR) is 116 cm³/mol. The van der Waals surface area contributed by atoms with Gasteiger partial charge in [-0.15, -0.1) is 0 Å². The molecule has 2 heterocycles. The fraction of sp³-hybridized carbons (Fsp3) is 0.417. The molecule has 0 radical (unpaired) electrons. The summed E-state index contributed by atoms with van der Waals surface area (Å²) < 4.78 is 22.0. The third-order valence-electron chi connectivity index (χ3n) is 4.93. The van der Waals surface area contributed by atoms with Crippen molar-refractivity contribution >= 4 is 27.9 Å². The molecule has 2 aromatic heterocycles. The minimum absolute atomic E-state index is 0.111. The van der Waals surface area contributed by atoms with Crippen LogP contribution in [0.5, 0.6) is 5.75 Å². The summed E-state index contributed by atoms with van der Waals surface area (Å²) in [7, 11) is 0. The molecular formula is C24H28O6. The average Bonchev–Trinajstić information content (AvgIpc) is 3.19. The third-order valence-corrected chi connectivity index (χ3v) is 4.93. The second kappa shape index (κ2) is 10.7. The lowest BCUT2D eigenvalue weighted by Gasteiger charge is -2.09. The van der Waals surface area contributed by atoms with Crippen LogP contribution in [0, 0.1) is 0 Å². The first-order valence-electron chi connectivity index (χ1n) is 10.5. The number of unbranched alkanes of at least 4 members (excludes halogenated alkanes) is 2. The molecule has 0 atom stereocenters. The van der Waals surface area contributed by atoms with E-state index in [4.69, 9.17) is 18.3 Å². The van der Waals surface area contributed by atoms with Crippen LogP contribution < -0.4 is 10.4 Å². The smallest absolute Gasteiger partial charge is 0.336 e. The van der Waals surface area contributed by atoms with Gasteiger partial charge in [-0.2, -0.15) is 0 Å². The number of fused-ring (bicyclic) bond motifs is 2. The molecule has 0 aliphatic carbocycles. The minimum Gasteiger partial charge on any atom is -0.488 e. The molecule has 3 aromatic rings. The van der Waals surface area contributed by atoms with Crippen molar-refractivity contribution in [3.8, 4) is 5.75 Å². The van der Waals surface area contributed by atoms with Gasteiger partial charge in [-0.3, -0.25) is 4.79 Å². The van der Waals surface area contributed by atoms with Crippen LogP contribution in [0.15, 0.2) is 55.8 Å². The summed E-state index contributed by atoms with van der Waals surface area (Å²) in [4.78, 5) is 23.1. The molecule has 0 amide bonds. The molecule has 30 heavy (non-hydrogen) atoms. The fourth-order valence-electron chi connectivity index (χ4n) is 3.26. The third kappa shape index (κ3) is 5.75. The Morgan fingerprint density at radius 2 is 1.90 bits per heavy atom. The number of ether oxygens (including phenoxy) is 2. The predicted octanol–water partition coefficient (Wildman–Crippen LogP) is 5.77. The molecule has 0 aliphatic rings. The van der Waals surface area contributed by atoms with Crippen molar-refractivity contribution in [2.75, 3.05) is 13.2 Å². The van der Waals surface area contributed by atoms with Gasteiger partial charge in [-0.1, -0.05) is 25.3 Å².